The highest BCUT2D eigenvalue weighted by atomic mass is 16.3. The van der Waals surface area contributed by atoms with E-state index in [1.54, 1.807) is 36.4 Å². The number of hydrogen-bond donors (Lipinski definition) is 2. The third-order valence-electron chi connectivity index (χ3n) is 7.40. The highest BCUT2D eigenvalue weighted by Crippen LogP contribution is 2.40. The Morgan fingerprint density at radius 1 is 0.886 bits per heavy atom. The van der Waals surface area contributed by atoms with Gasteiger partial charge in [-0.3, -0.25) is 14.5 Å². The molecule has 170 valence electrons. The molecule has 1 aliphatic heterocycles. The molecule has 2 N–H and O–H groups in total. The van der Waals surface area contributed by atoms with E-state index in [0.29, 0.717) is 24.0 Å². The van der Waals surface area contributed by atoms with E-state index >= 15 is 0 Å². The molecule has 0 saturated heterocycles. The summed E-state index contributed by atoms with van der Waals surface area (Å²) in [5, 5.41) is 12.1. The van der Waals surface area contributed by atoms with Crippen LogP contribution >= 0.6 is 0 Å². The number of benzene rings is 3. The maximum absolute atomic E-state index is 13.2. The normalized spacial score (nSPS) is 17.3. The fraction of sp³-hybridized carbons (Fsp3) is 0.138. The fourth-order valence-electron chi connectivity index (χ4n) is 5.78. The molecule has 1 aliphatic carbocycles. The number of rotatable bonds is 2. The van der Waals surface area contributed by atoms with Crippen LogP contribution in [0.1, 0.15) is 38.3 Å². The van der Waals surface area contributed by atoms with Crippen molar-refractivity contribution in [3.8, 4) is 17.0 Å². The van der Waals surface area contributed by atoms with Crippen LogP contribution in [0.15, 0.2) is 72.9 Å². The van der Waals surface area contributed by atoms with Gasteiger partial charge in [0.05, 0.1) is 22.3 Å². The molecule has 2 aromatic heterocycles. The van der Waals surface area contributed by atoms with Crippen LogP contribution in [-0.4, -0.2) is 37.8 Å². The Balaban J connectivity index is 1.41. The Bertz CT molecular complexity index is 1650. The van der Waals surface area contributed by atoms with E-state index < -0.39 is 0 Å². The number of aromatic nitrogens is 2. The average Bonchev–Trinajstić information content (AvgIpc) is 3.46. The molecule has 0 bridgehead atoms. The van der Waals surface area contributed by atoms with Crippen molar-refractivity contribution in [3.05, 3.63) is 95.2 Å². The summed E-state index contributed by atoms with van der Waals surface area (Å²) in [6.07, 6.45) is 3.92. The first kappa shape index (κ1) is 20.0. The average molecular weight is 460 g/mol. The van der Waals surface area contributed by atoms with E-state index in [2.05, 4.69) is 11.1 Å². The second-order valence-electron chi connectivity index (χ2n) is 9.29. The van der Waals surface area contributed by atoms with Crippen molar-refractivity contribution in [2.45, 2.75) is 25.3 Å². The van der Waals surface area contributed by atoms with Crippen LogP contribution in [0.5, 0.6) is 5.75 Å². The third kappa shape index (κ3) is 2.86. The lowest BCUT2D eigenvalue weighted by atomic mass is 9.82. The van der Waals surface area contributed by atoms with Gasteiger partial charge in [-0.1, -0.05) is 12.1 Å². The fourth-order valence-corrected chi connectivity index (χ4v) is 5.78. The predicted molar refractivity (Wildman–Crippen MR) is 133 cm³/mol. The minimum Gasteiger partial charge on any atom is -0.508 e. The van der Waals surface area contributed by atoms with Gasteiger partial charge in [0, 0.05) is 34.1 Å². The first-order valence-electron chi connectivity index (χ1n) is 11.8. The van der Waals surface area contributed by atoms with Crippen molar-refractivity contribution in [1.82, 2.24) is 14.9 Å². The van der Waals surface area contributed by atoms with Gasteiger partial charge in [-0.05, 0) is 85.0 Å². The lowest BCUT2D eigenvalue weighted by molar-refractivity contribution is 0.0571. The van der Waals surface area contributed by atoms with Crippen molar-refractivity contribution >= 4 is 33.6 Å². The van der Waals surface area contributed by atoms with Crippen LogP contribution in [0.4, 0.5) is 0 Å². The number of imide groups is 1. The molecule has 0 radical (unpaired) electrons. The number of pyridine rings is 1. The zero-order valence-electron chi connectivity index (χ0n) is 18.8. The highest BCUT2D eigenvalue weighted by Gasteiger charge is 2.41. The molecule has 2 aliphatic rings. The lowest BCUT2D eigenvalue weighted by Crippen LogP contribution is -2.43. The number of aromatic amines is 1. The maximum Gasteiger partial charge on any atom is 0.261 e. The van der Waals surface area contributed by atoms with Crippen LogP contribution < -0.4 is 0 Å². The molecule has 3 heterocycles. The second-order valence-corrected chi connectivity index (χ2v) is 9.29. The summed E-state index contributed by atoms with van der Waals surface area (Å²) in [6, 6.07) is 20.0. The summed E-state index contributed by atoms with van der Waals surface area (Å²) in [5.74, 6) is -0.236. The number of aryl methyl sites for hydroxylation is 1. The van der Waals surface area contributed by atoms with Gasteiger partial charge in [0.25, 0.3) is 11.8 Å². The largest absolute Gasteiger partial charge is 0.508 e. The molecule has 2 amide bonds. The Hall–Kier alpha value is -4.45. The molecule has 35 heavy (non-hydrogen) atoms. The van der Waals surface area contributed by atoms with Gasteiger partial charge in [-0.2, -0.15) is 0 Å². The van der Waals surface area contributed by atoms with Crippen molar-refractivity contribution in [3.63, 3.8) is 0 Å². The van der Waals surface area contributed by atoms with E-state index in [1.807, 2.05) is 30.5 Å². The predicted octanol–water partition coefficient (Wildman–Crippen LogP) is 5.24. The van der Waals surface area contributed by atoms with Crippen molar-refractivity contribution in [2.75, 3.05) is 0 Å². The number of nitrogens with one attached hydrogen (secondary N) is 1. The maximum atomic E-state index is 13.2. The van der Waals surface area contributed by atoms with E-state index in [1.165, 1.54) is 10.5 Å². The third-order valence-corrected chi connectivity index (χ3v) is 7.40. The molecule has 3 aromatic carbocycles. The summed E-state index contributed by atoms with van der Waals surface area (Å²) < 4.78 is 0. The molecule has 1 unspecified atom stereocenters. The lowest BCUT2D eigenvalue weighted by Gasteiger charge is -2.32. The molecule has 6 nitrogen and oxygen atoms in total. The highest BCUT2D eigenvalue weighted by molar-refractivity contribution is 6.21. The number of carbonyl (C=O) groups is 2. The molecule has 0 spiro atoms. The number of amides is 2. The second kappa shape index (κ2) is 7.27. The van der Waals surface area contributed by atoms with Gasteiger partial charge in [0.15, 0.2) is 0 Å². The smallest absolute Gasteiger partial charge is 0.261 e. The standard InChI is InChI=1S/C29H21N3O3/c33-18-8-5-16(6-9-18)27-23-15-17(32-28(34)20-3-1-2-4-21(20)29(32)35)7-10-19(23)26-22-13-14-30-24(22)11-12-25(26)31-27/h1-6,8-9,11-14,17,30,33H,7,10,15H2. The summed E-state index contributed by atoms with van der Waals surface area (Å²) >= 11 is 0. The van der Waals surface area contributed by atoms with Gasteiger partial charge >= 0.3 is 0 Å². The minimum absolute atomic E-state index is 0.196. The van der Waals surface area contributed by atoms with E-state index in [9.17, 15) is 14.7 Å². The summed E-state index contributed by atoms with van der Waals surface area (Å²) in [7, 11) is 0. The first-order valence-corrected chi connectivity index (χ1v) is 11.8. The van der Waals surface area contributed by atoms with Crippen molar-refractivity contribution in [1.29, 1.82) is 0 Å². The number of hydrogen-bond acceptors (Lipinski definition) is 4. The summed E-state index contributed by atoms with van der Waals surface area (Å²) in [4.78, 5) is 36.3. The Morgan fingerprint density at radius 2 is 1.63 bits per heavy atom. The number of phenolic OH excluding ortho intramolecular Hbond substituents is 1. The molecule has 7 rings (SSSR count). The topological polar surface area (TPSA) is 86.3 Å². The van der Waals surface area contributed by atoms with Crippen LogP contribution in [0.3, 0.4) is 0 Å². The van der Waals surface area contributed by atoms with Gasteiger partial charge in [-0.15, -0.1) is 0 Å². The van der Waals surface area contributed by atoms with E-state index in [-0.39, 0.29) is 23.6 Å². The summed E-state index contributed by atoms with van der Waals surface area (Å²) in [5.41, 5.74) is 6.95. The Morgan fingerprint density at radius 3 is 2.37 bits per heavy atom. The molecule has 5 aromatic rings. The first-order chi connectivity index (χ1) is 17.1. The van der Waals surface area contributed by atoms with Crippen LogP contribution in [0.25, 0.3) is 33.1 Å². The van der Waals surface area contributed by atoms with E-state index in [0.717, 1.165) is 45.0 Å². The molecule has 6 heteroatoms. The molecule has 0 saturated carbocycles. The van der Waals surface area contributed by atoms with Crippen LogP contribution in [0.2, 0.25) is 0 Å². The SMILES string of the molecule is O=C1c2ccccc2C(=O)N1C1CCc2c(c(-c3ccc(O)cc3)nc3ccc4[nH]ccc4c23)C1. The number of fused-ring (bicyclic) bond motifs is 6. The van der Waals surface area contributed by atoms with E-state index in [4.69, 9.17) is 4.98 Å². The van der Waals surface area contributed by atoms with Crippen LogP contribution in [0, 0.1) is 0 Å². The van der Waals surface area contributed by atoms with Gasteiger partial charge in [0.1, 0.15) is 5.75 Å². The summed E-state index contributed by atoms with van der Waals surface area (Å²) in [6.45, 7) is 0. The molecular formula is C29H21N3O3. The number of aromatic hydroxyl groups is 1. The number of phenols is 1. The zero-order valence-corrected chi connectivity index (χ0v) is 18.8. The Kier molecular flexibility index (Phi) is 4.15. The minimum atomic E-state index is -0.240. The monoisotopic (exact) mass is 459 g/mol. The number of H-pyrrole nitrogens is 1. The molecule has 0 fully saturated rings. The van der Waals surface area contributed by atoms with Gasteiger partial charge < -0.3 is 10.1 Å². The van der Waals surface area contributed by atoms with Crippen molar-refractivity contribution in [2.24, 2.45) is 0 Å². The molecule has 1 atom stereocenters. The van der Waals surface area contributed by atoms with Crippen molar-refractivity contribution < 1.29 is 14.7 Å². The van der Waals surface area contributed by atoms with Gasteiger partial charge in [0.2, 0.25) is 0 Å². The number of nitrogens with zero attached hydrogens (tertiary/aromatic N) is 2. The Labute approximate surface area is 200 Å². The molecular weight excluding hydrogens is 438 g/mol. The quantitative estimate of drug-likeness (QED) is 0.354. The van der Waals surface area contributed by atoms with Gasteiger partial charge in [-0.25, -0.2) is 4.98 Å². The number of carbonyl (C=O) groups excluding carboxylic acids is 2. The van der Waals surface area contributed by atoms with Crippen LogP contribution in [-0.2, 0) is 12.8 Å². The zero-order chi connectivity index (χ0) is 23.7.